The number of allylic oxidation sites excluding steroid dienone is 1. The van der Waals surface area contributed by atoms with Crippen LogP contribution in [0.4, 0.5) is 0 Å². The van der Waals surface area contributed by atoms with Gasteiger partial charge in [-0.1, -0.05) is 0 Å². The molecule has 0 amide bonds. The molecule has 0 aliphatic carbocycles. The number of hydrogen-bond acceptors (Lipinski definition) is 4. The molecule has 0 atom stereocenters. The van der Waals surface area contributed by atoms with Crippen molar-refractivity contribution in [1.82, 2.24) is 4.98 Å². The van der Waals surface area contributed by atoms with Crippen LogP contribution in [0.3, 0.4) is 0 Å². The second-order valence-electron chi connectivity index (χ2n) is 4.05. The number of methoxy groups -OCH3 is 2. The molecule has 102 valence electrons. The van der Waals surface area contributed by atoms with Gasteiger partial charge in [0.05, 0.1) is 14.2 Å². The number of hydrogen-bond donors (Lipinski definition) is 0. The first kappa shape index (κ1) is 13.8. The van der Waals surface area contributed by atoms with Gasteiger partial charge in [-0.15, -0.1) is 0 Å². The summed E-state index contributed by atoms with van der Waals surface area (Å²) in [6.45, 7) is 0. The highest BCUT2D eigenvalue weighted by molar-refractivity contribution is 6.06. The average Bonchev–Trinajstić information content (AvgIpc) is 2.53. The number of rotatable bonds is 5. The van der Waals surface area contributed by atoms with Gasteiger partial charge < -0.3 is 9.47 Å². The molecule has 4 heteroatoms. The van der Waals surface area contributed by atoms with E-state index in [-0.39, 0.29) is 5.78 Å². The Balaban J connectivity index is 2.21. The zero-order chi connectivity index (χ0) is 14.4. The summed E-state index contributed by atoms with van der Waals surface area (Å²) in [5.41, 5.74) is 1.36. The molecule has 4 nitrogen and oxygen atoms in total. The second-order valence-corrected chi connectivity index (χ2v) is 4.05. The lowest BCUT2D eigenvalue weighted by molar-refractivity contribution is 0.104. The van der Waals surface area contributed by atoms with Gasteiger partial charge in [0.15, 0.2) is 5.78 Å². The second kappa shape index (κ2) is 6.52. The van der Waals surface area contributed by atoms with Gasteiger partial charge in [0.1, 0.15) is 11.5 Å². The van der Waals surface area contributed by atoms with E-state index in [0.29, 0.717) is 17.1 Å². The SMILES string of the molecule is COc1ccc(/C=C/C(=O)c2cccnc2)c(OC)c1. The fourth-order valence-electron chi connectivity index (χ4n) is 1.73. The molecule has 0 bridgehead atoms. The predicted octanol–water partition coefficient (Wildman–Crippen LogP) is 2.99. The number of ketones is 1. The van der Waals surface area contributed by atoms with E-state index < -0.39 is 0 Å². The Morgan fingerprint density at radius 1 is 1.20 bits per heavy atom. The minimum Gasteiger partial charge on any atom is -0.497 e. The van der Waals surface area contributed by atoms with Crippen molar-refractivity contribution in [2.24, 2.45) is 0 Å². The van der Waals surface area contributed by atoms with Crippen molar-refractivity contribution in [2.75, 3.05) is 14.2 Å². The van der Waals surface area contributed by atoms with Gasteiger partial charge in [0.25, 0.3) is 0 Å². The molecule has 0 saturated heterocycles. The third-order valence-corrected chi connectivity index (χ3v) is 2.80. The summed E-state index contributed by atoms with van der Waals surface area (Å²) in [4.78, 5) is 15.9. The van der Waals surface area contributed by atoms with Crippen LogP contribution in [0.5, 0.6) is 11.5 Å². The van der Waals surface area contributed by atoms with E-state index in [2.05, 4.69) is 4.98 Å². The number of benzene rings is 1. The number of nitrogens with zero attached hydrogens (tertiary/aromatic N) is 1. The number of carbonyl (C=O) groups excluding carboxylic acids is 1. The van der Waals surface area contributed by atoms with Gasteiger partial charge in [0.2, 0.25) is 0 Å². The minimum absolute atomic E-state index is 0.101. The first-order valence-corrected chi connectivity index (χ1v) is 6.09. The third kappa shape index (κ3) is 3.23. The molecular weight excluding hydrogens is 254 g/mol. The molecular formula is C16H15NO3. The summed E-state index contributed by atoms with van der Waals surface area (Å²) < 4.78 is 10.4. The van der Waals surface area contributed by atoms with E-state index in [4.69, 9.17) is 9.47 Å². The molecule has 0 fully saturated rings. The van der Waals surface area contributed by atoms with E-state index in [9.17, 15) is 4.79 Å². The van der Waals surface area contributed by atoms with Crippen LogP contribution in [0.15, 0.2) is 48.8 Å². The van der Waals surface area contributed by atoms with E-state index in [0.717, 1.165) is 5.56 Å². The third-order valence-electron chi connectivity index (χ3n) is 2.80. The van der Waals surface area contributed by atoms with Crippen LogP contribution in [0.2, 0.25) is 0 Å². The standard InChI is InChI=1S/C16H15NO3/c1-19-14-7-5-12(16(10-14)20-2)6-8-15(18)13-4-3-9-17-11-13/h3-11H,1-2H3/b8-6+. The number of carbonyl (C=O) groups is 1. The van der Waals surface area contributed by atoms with Crippen LogP contribution in [-0.4, -0.2) is 25.0 Å². The van der Waals surface area contributed by atoms with Crippen molar-refractivity contribution in [3.63, 3.8) is 0 Å². The zero-order valence-electron chi connectivity index (χ0n) is 11.4. The summed E-state index contributed by atoms with van der Waals surface area (Å²) in [6, 6.07) is 8.88. The maximum absolute atomic E-state index is 11.9. The Bertz CT molecular complexity index is 621. The molecule has 0 saturated carbocycles. The largest absolute Gasteiger partial charge is 0.497 e. The smallest absolute Gasteiger partial charge is 0.187 e. The molecule has 0 N–H and O–H groups in total. The number of ether oxygens (including phenoxy) is 2. The Kier molecular flexibility index (Phi) is 4.50. The van der Waals surface area contributed by atoms with Gasteiger partial charge >= 0.3 is 0 Å². The lowest BCUT2D eigenvalue weighted by Crippen LogP contribution is -1.95. The minimum atomic E-state index is -0.101. The molecule has 0 unspecified atom stereocenters. The molecule has 1 aromatic heterocycles. The molecule has 0 radical (unpaired) electrons. The summed E-state index contributed by atoms with van der Waals surface area (Å²) in [7, 11) is 3.17. The van der Waals surface area contributed by atoms with Crippen LogP contribution in [-0.2, 0) is 0 Å². The first-order valence-electron chi connectivity index (χ1n) is 6.09. The molecule has 2 rings (SSSR count). The Hall–Kier alpha value is -2.62. The molecule has 1 heterocycles. The molecule has 0 aliphatic heterocycles. The van der Waals surface area contributed by atoms with Gasteiger partial charge in [-0.2, -0.15) is 0 Å². The molecule has 20 heavy (non-hydrogen) atoms. The normalized spacial score (nSPS) is 10.5. The topological polar surface area (TPSA) is 48.4 Å². The van der Waals surface area contributed by atoms with Gasteiger partial charge in [0, 0.05) is 29.6 Å². The van der Waals surface area contributed by atoms with Crippen LogP contribution in [0.25, 0.3) is 6.08 Å². The fourth-order valence-corrected chi connectivity index (χ4v) is 1.73. The van der Waals surface area contributed by atoms with E-state index in [1.165, 1.54) is 12.3 Å². The summed E-state index contributed by atoms with van der Waals surface area (Å²) in [5.74, 6) is 1.26. The van der Waals surface area contributed by atoms with E-state index in [1.807, 2.05) is 12.1 Å². The van der Waals surface area contributed by atoms with Crippen molar-refractivity contribution in [2.45, 2.75) is 0 Å². The van der Waals surface area contributed by atoms with Crippen LogP contribution in [0, 0.1) is 0 Å². The van der Waals surface area contributed by atoms with Crippen LogP contribution >= 0.6 is 0 Å². The van der Waals surface area contributed by atoms with Crippen molar-refractivity contribution >= 4 is 11.9 Å². The van der Waals surface area contributed by atoms with Crippen molar-refractivity contribution in [3.8, 4) is 11.5 Å². The molecule has 0 spiro atoms. The van der Waals surface area contributed by atoms with Gasteiger partial charge in [-0.25, -0.2) is 0 Å². The monoisotopic (exact) mass is 269 g/mol. The van der Waals surface area contributed by atoms with Gasteiger partial charge in [-0.3, -0.25) is 9.78 Å². The maximum Gasteiger partial charge on any atom is 0.187 e. The average molecular weight is 269 g/mol. The highest BCUT2D eigenvalue weighted by atomic mass is 16.5. The Labute approximate surface area is 117 Å². The number of aromatic nitrogens is 1. The highest BCUT2D eigenvalue weighted by Gasteiger charge is 2.04. The van der Waals surface area contributed by atoms with Crippen LogP contribution < -0.4 is 9.47 Å². The summed E-state index contributed by atoms with van der Waals surface area (Å²) in [6.07, 6.45) is 6.39. The lowest BCUT2D eigenvalue weighted by atomic mass is 10.1. The lowest BCUT2D eigenvalue weighted by Gasteiger charge is -2.07. The molecule has 0 aliphatic rings. The number of pyridine rings is 1. The van der Waals surface area contributed by atoms with E-state index in [1.54, 1.807) is 44.7 Å². The highest BCUT2D eigenvalue weighted by Crippen LogP contribution is 2.25. The Morgan fingerprint density at radius 2 is 2.05 bits per heavy atom. The first-order chi connectivity index (χ1) is 9.74. The van der Waals surface area contributed by atoms with Gasteiger partial charge in [-0.05, 0) is 36.4 Å². The van der Waals surface area contributed by atoms with Crippen molar-refractivity contribution < 1.29 is 14.3 Å². The van der Waals surface area contributed by atoms with E-state index >= 15 is 0 Å². The zero-order valence-corrected chi connectivity index (χ0v) is 11.4. The summed E-state index contributed by atoms with van der Waals surface area (Å²) >= 11 is 0. The quantitative estimate of drug-likeness (QED) is 0.618. The molecule has 2 aromatic rings. The van der Waals surface area contributed by atoms with Crippen molar-refractivity contribution in [1.29, 1.82) is 0 Å². The predicted molar refractivity (Wildman–Crippen MR) is 77.1 cm³/mol. The molecule has 1 aromatic carbocycles. The fraction of sp³-hybridized carbons (Fsp3) is 0.125. The Morgan fingerprint density at radius 3 is 2.70 bits per heavy atom. The summed E-state index contributed by atoms with van der Waals surface area (Å²) in [5, 5.41) is 0. The maximum atomic E-state index is 11.9. The van der Waals surface area contributed by atoms with Crippen molar-refractivity contribution in [3.05, 3.63) is 59.9 Å². The van der Waals surface area contributed by atoms with Crippen LogP contribution in [0.1, 0.15) is 15.9 Å².